The Hall–Kier alpha value is -2.89. The van der Waals surface area contributed by atoms with Gasteiger partial charge in [-0.2, -0.15) is 0 Å². The summed E-state index contributed by atoms with van der Waals surface area (Å²) in [5.74, 6) is -0.505. The highest BCUT2D eigenvalue weighted by molar-refractivity contribution is 5.97. The minimum Gasteiger partial charge on any atom is -0.374 e. The lowest BCUT2D eigenvalue weighted by atomic mass is 10.1. The summed E-state index contributed by atoms with van der Waals surface area (Å²) in [6.45, 7) is 4.43. The molecule has 1 atom stereocenters. The zero-order valence-corrected chi connectivity index (χ0v) is 14.9. The number of aryl methyl sites for hydroxylation is 1. The van der Waals surface area contributed by atoms with Crippen LogP contribution in [0.2, 0.25) is 0 Å². The topological polar surface area (TPSA) is 61.4 Å². The van der Waals surface area contributed by atoms with E-state index in [2.05, 4.69) is 10.6 Å². The third-order valence-corrected chi connectivity index (χ3v) is 4.43. The van der Waals surface area contributed by atoms with Gasteiger partial charge in [0, 0.05) is 30.0 Å². The molecule has 1 aliphatic heterocycles. The molecule has 2 aromatic carbocycles. The molecule has 0 saturated carbocycles. The number of anilines is 3. The molecule has 0 bridgehead atoms. The summed E-state index contributed by atoms with van der Waals surface area (Å²) in [4.78, 5) is 26.0. The first-order valence-corrected chi connectivity index (χ1v) is 8.68. The van der Waals surface area contributed by atoms with Crippen LogP contribution in [-0.4, -0.2) is 24.4 Å². The lowest BCUT2D eigenvalue weighted by Gasteiger charge is -2.20. The van der Waals surface area contributed by atoms with Crippen molar-refractivity contribution in [1.82, 2.24) is 0 Å². The fraction of sp³-hybridized carbons (Fsp3) is 0.300. The lowest BCUT2D eigenvalue weighted by molar-refractivity contribution is -0.117. The smallest absolute Gasteiger partial charge is 0.246 e. The van der Waals surface area contributed by atoms with Crippen molar-refractivity contribution < 1.29 is 14.0 Å². The number of carbonyl (C=O) groups is 2. The van der Waals surface area contributed by atoms with E-state index in [1.807, 2.05) is 25.1 Å². The summed E-state index contributed by atoms with van der Waals surface area (Å²) >= 11 is 0. The van der Waals surface area contributed by atoms with E-state index in [9.17, 15) is 14.0 Å². The molecular weight excluding hydrogens is 333 g/mol. The van der Waals surface area contributed by atoms with Crippen LogP contribution in [0.5, 0.6) is 0 Å². The molecule has 0 unspecified atom stereocenters. The first-order chi connectivity index (χ1) is 12.4. The summed E-state index contributed by atoms with van der Waals surface area (Å²) in [5.41, 5.74) is 3.10. The van der Waals surface area contributed by atoms with Gasteiger partial charge in [0.2, 0.25) is 11.8 Å². The number of benzene rings is 2. The van der Waals surface area contributed by atoms with Gasteiger partial charge < -0.3 is 15.5 Å². The maximum atomic E-state index is 13.2. The fourth-order valence-corrected chi connectivity index (χ4v) is 3.08. The van der Waals surface area contributed by atoms with E-state index in [-0.39, 0.29) is 11.8 Å². The normalized spacial score (nSPS) is 15.0. The molecular formula is C20H22FN3O2. The lowest BCUT2D eigenvalue weighted by Crippen LogP contribution is -2.32. The van der Waals surface area contributed by atoms with Crippen LogP contribution in [0.1, 0.15) is 25.3 Å². The van der Waals surface area contributed by atoms with Crippen LogP contribution in [0.4, 0.5) is 21.5 Å². The van der Waals surface area contributed by atoms with Crippen molar-refractivity contribution in [3.05, 3.63) is 53.8 Å². The number of nitrogens with one attached hydrogen (secondary N) is 2. The maximum Gasteiger partial charge on any atom is 0.246 e. The summed E-state index contributed by atoms with van der Waals surface area (Å²) in [7, 11) is 0. The van der Waals surface area contributed by atoms with Gasteiger partial charge in [-0.1, -0.05) is 6.07 Å². The summed E-state index contributed by atoms with van der Waals surface area (Å²) in [5, 5.41) is 5.82. The van der Waals surface area contributed by atoms with Gasteiger partial charge in [0.05, 0.1) is 0 Å². The first-order valence-electron chi connectivity index (χ1n) is 8.68. The van der Waals surface area contributed by atoms with Crippen LogP contribution in [0.15, 0.2) is 42.5 Å². The third kappa shape index (κ3) is 4.02. The van der Waals surface area contributed by atoms with Gasteiger partial charge in [-0.3, -0.25) is 9.59 Å². The Balaban J connectivity index is 1.65. The molecule has 0 radical (unpaired) electrons. The van der Waals surface area contributed by atoms with Gasteiger partial charge in [-0.15, -0.1) is 0 Å². The van der Waals surface area contributed by atoms with Crippen molar-refractivity contribution in [2.45, 2.75) is 32.7 Å². The molecule has 1 aliphatic rings. The van der Waals surface area contributed by atoms with E-state index >= 15 is 0 Å². The van der Waals surface area contributed by atoms with Gasteiger partial charge in [0.25, 0.3) is 0 Å². The predicted molar refractivity (Wildman–Crippen MR) is 101 cm³/mol. The fourth-order valence-electron chi connectivity index (χ4n) is 3.08. The highest BCUT2D eigenvalue weighted by Gasteiger charge is 2.23. The van der Waals surface area contributed by atoms with Gasteiger partial charge in [0.15, 0.2) is 0 Å². The van der Waals surface area contributed by atoms with Crippen LogP contribution < -0.4 is 15.5 Å². The zero-order valence-electron chi connectivity index (χ0n) is 14.9. The number of hydrogen-bond acceptors (Lipinski definition) is 3. The number of nitrogens with zero attached hydrogens (tertiary/aromatic N) is 1. The van der Waals surface area contributed by atoms with Gasteiger partial charge in [0.1, 0.15) is 11.9 Å². The Morgan fingerprint density at radius 3 is 2.65 bits per heavy atom. The average molecular weight is 355 g/mol. The van der Waals surface area contributed by atoms with Crippen molar-refractivity contribution in [3.63, 3.8) is 0 Å². The molecule has 0 aromatic heterocycles. The van der Waals surface area contributed by atoms with Gasteiger partial charge in [-0.05, 0) is 62.2 Å². The summed E-state index contributed by atoms with van der Waals surface area (Å²) in [6.07, 6.45) is 1.48. The van der Waals surface area contributed by atoms with Crippen molar-refractivity contribution in [2.75, 3.05) is 22.1 Å². The van der Waals surface area contributed by atoms with Crippen molar-refractivity contribution >= 4 is 28.9 Å². The highest BCUT2D eigenvalue weighted by Crippen LogP contribution is 2.27. The molecule has 0 aliphatic carbocycles. The molecule has 1 saturated heterocycles. The molecule has 1 fully saturated rings. The number of halogens is 1. The second kappa shape index (κ2) is 7.56. The molecule has 136 valence electrons. The van der Waals surface area contributed by atoms with E-state index in [0.717, 1.165) is 29.9 Å². The molecule has 2 N–H and O–H groups in total. The second-order valence-corrected chi connectivity index (χ2v) is 6.52. The Labute approximate surface area is 152 Å². The average Bonchev–Trinajstić information content (AvgIpc) is 3.01. The quantitative estimate of drug-likeness (QED) is 0.860. The number of hydrogen-bond donors (Lipinski definition) is 2. The Kier molecular flexibility index (Phi) is 5.21. The predicted octanol–water partition coefficient (Wildman–Crippen LogP) is 3.70. The van der Waals surface area contributed by atoms with Crippen molar-refractivity contribution in [2.24, 2.45) is 0 Å². The van der Waals surface area contributed by atoms with Crippen LogP contribution >= 0.6 is 0 Å². The Morgan fingerprint density at radius 1 is 1.19 bits per heavy atom. The standard InChI is InChI=1S/C20H22FN3O2/c1-13-11-17(8-9-18(13)24-10-4-7-19(24)25)22-14(2)20(26)23-16-6-3-5-15(21)12-16/h3,5-6,8-9,11-12,14,22H,4,7,10H2,1-2H3,(H,23,26)/t14-/m0/s1. The van der Waals surface area contributed by atoms with E-state index in [1.54, 1.807) is 24.0 Å². The molecule has 6 heteroatoms. The van der Waals surface area contributed by atoms with Gasteiger partial charge in [-0.25, -0.2) is 4.39 Å². The van der Waals surface area contributed by atoms with Gasteiger partial charge >= 0.3 is 0 Å². The van der Waals surface area contributed by atoms with E-state index in [4.69, 9.17) is 0 Å². The van der Waals surface area contributed by atoms with Crippen LogP contribution in [0, 0.1) is 12.7 Å². The van der Waals surface area contributed by atoms with E-state index < -0.39 is 11.9 Å². The number of amides is 2. The molecule has 5 nitrogen and oxygen atoms in total. The minimum absolute atomic E-state index is 0.150. The molecule has 2 aromatic rings. The van der Waals surface area contributed by atoms with E-state index in [0.29, 0.717) is 12.1 Å². The Bertz CT molecular complexity index is 838. The summed E-state index contributed by atoms with van der Waals surface area (Å²) < 4.78 is 13.2. The SMILES string of the molecule is Cc1cc(N[C@@H](C)C(=O)Nc2cccc(F)c2)ccc1N1CCCC1=O. The van der Waals surface area contributed by atoms with Crippen LogP contribution in [0.25, 0.3) is 0 Å². The number of rotatable bonds is 5. The van der Waals surface area contributed by atoms with Crippen molar-refractivity contribution in [1.29, 1.82) is 0 Å². The second-order valence-electron chi connectivity index (χ2n) is 6.52. The molecule has 2 amide bonds. The van der Waals surface area contributed by atoms with E-state index in [1.165, 1.54) is 12.1 Å². The zero-order chi connectivity index (χ0) is 18.7. The molecule has 1 heterocycles. The molecule has 3 rings (SSSR count). The largest absolute Gasteiger partial charge is 0.374 e. The minimum atomic E-state index is -0.503. The molecule has 26 heavy (non-hydrogen) atoms. The first kappa shape index (κ1) is 17.9. The third-order valence-electron chi connectivity index (χ3n) is 4.43. The monoisotopic (exact) mass is 355 g/mol. The van der Waals surface area contributed by atoms with Crippen LogP contribution in [-0.2, 0) is 9.59 Å². The van der Waals surface area contributed by atoms with Crippen molar-refractivity contribution in [3.8, 4) is 0 Å². The maximum absolute atomic E-state index is 13.2. The molecule has 0 spiro atoms. The Morgan fingerprint density at radius 2 is 2.00 bits per heavy atom. The number of carbonyl (C=O) groups excluding carboxylic acids is 2. The highest BCUT2D eigenvalue weighted by atomic mass is 19.1. The van der Waals surface area contributed by atoms with Crippen LogP contribution in [0.3, 0.4) is 0 Å². The summed E-state index contributed by atoms with van der Waals surface area (Å²) in [6, 6.07) is 11.0.